The van der Waals surface area contributed by atoms with Crippen LogP contribution in [0.1, 0.15) is 23.3 Å². The zero-order valence-corrected chi connectivity index (χ0v) is 11.0. The van der Waals surface area contributed by atoms with Crippen molar-refractivity contribution in [2.24, 2.45) is 0 Å². The van der Waals surface area contributed by atoms with Gasteiger partial charge in [-0.2, -0.15) is 9.06 Å². The number of thiophene rings is 1. The van der Waals surface area contributed by atoms with Gasteiger partial charge >= 0.3 is 0 Å². The van der Waals surface area contributed by atoms with Crippen molar-refractivity contribution in [2.45, 2.75) is 29.9 Å². The van der Waals surface area contributed by atoms with Crippen molar-refractivity contribution >= 4 is 32.1 Å². The summed E-state index contributed by atoms with van der Waals surface area (Å²) >= 11 is 6.18. The number of halogens is 1. The SMILES string of the molecule is CS(C)(S)c1sc2c(c1F)CCCC2. The Morgan fingerprint density at radius 2 is 1.93 bits per heavy atom. The van der Waals surface area contributed by atoms with E-state index in [9.17, 15) is 4.39 Å². The third-order valence-electron chi connectivity index (χ3n) is 2.53. The fourth-order valence-electron chi connectivity index (χ4n) is 1.82. The van der Waals surface area contributed by atoms with Crippen LogP contribution in [0.2, 0.25) is 0 Å². The molecule has 1 aromatic rings. The van der Waals surface area contributed by atoms with Gasteiger partial charge in [-0.05, 0) is 38.2 Å². The van der Waals surface area contributed by atoms with Gasteiger partial charge in [0, 0.05) is 10.4 Å². The Labute approximate surface area is 95.0 Å². The Bertz CT molecular complexity index is 349. The molecular formula is C10H15FS3. The fraction of sp³-hybridized carbons (Fsp3) is 0.600. The summed E-state index contributed by atoms with van der Waals surface area (Å²) in [4.78, 5) is 1.28. The molecule has 0 atom stereocenters. The second-order valence-electron chi connectivity index (χ2n) is 4.09. The van der Waals surface area contributed by atoms with Crippen molar-refractivity contribution < 1.29 is 4.39 Å². The smallest absolute Gasteiger partial charge is 0.150 e. The first-order valence-corrected chi connectivity index (χ1v) is 9.08. The molecule has 2 rings (SSSR count). The van der Waals surface area contributed by atoms with Gasteiger partial charge < -0.3 is 0 Å². The molecule has 0 nitrogen and oxygen atoms in total. The quantitative estimate of drug-likeness (QED) is 0.564. The summed E-state index contributed by atoms with van der Waals surface area (Å²) in [6, 6.07) is 0. The summed E-state index contributed by atoms with van der Waals surface area (Å²) in [6.45, 7) is 0. The number of hydrogen-bond acceptors (Lipinski definition) is 2. The van der Waals surface area contributed by atoms with Crippen molar-refractivity contribution in [1.82, 2.24) is 0 Å². The van der Waals surface area contributed by atoms with Crippen LogP contribution in [0.15, 0.2) is 4.21 Å². The van der Waals surface area contributed by atoms with Gasteiger partial charge in [-0.1, -0.05) is 0 Å². The van der Waals surface area contributed by atoms with Crippen molar-refractivity contribution in [1.29, 1.82) is 0 Å². The van der Waals surface area contributed by atoms with E-state index in [0.717, 1.165) is 29.0 Å². The minimum Gasteiger partial charge on any atom is -0.205 e. The van der Waals surface area contributed by atoms with Crippen molar-refractivity contribution in [3.63, 3.8) is 0 Å². The van der Waals surface area contributed by atoms with Crippen LogP contribution < -0.4 is 0 Å². The predicted molar refractivity (Wildman–Crippen MR) is 67.6 cm³/mol. The molecule has 1 aromatic heterocycles. The van der Waals surface area contributed by atoms with Crippen molar-refractivity contribution in [2.75, 3.05) is 12.5 Å². The molecule has 0 N–H and O–H groups in total. The molecule has 80 valence electrons. The van der Waals surface area contributed by atoms with Crippen LogP contribution in [0, 0.1) is 5.82 Å². The average Bonchev–Trinajstić information content (AvgIpc) is 2.44. The van der Waals surface area contributed by atoms with E-state index in [1.54, 1.807) is 11.3 Å². The highest BCUT2D eigenvalue weighted by molar-refractivity contribution is 8.87. The van der Waals surface area contributed by atoms with Crippen LogP contribution in [-0.2, 0) is 12.8 Å². The average molecular weight is 250 g/mol. The summed E-state index contributed by atoms with van der Waals surface area (Å²) in [5, 5.41) is 0. The first kappa shape index (κ1) is 10.8. The van der Waals surface area contributed by atoms with E-state index < -0.39 is 9.06 Å². The van der Waals surface area contributed by atoms with E-state index in [4.69, 9.17) is 0 Å². The molecule has 0 saturated heterocycles. The molecule has 4 heteroatoms. The lowest BCUT2D eigenvalue weighted by atomic mass is 9.99. The number of fused-ring (bicyclic) bond motifs is 1. The van der Waals surface area contributed by atoms with Gasteiger partial charge in [0.05, 0.1) is 4.21 Å². The molecule has 0 amide bonds. The first-order valence-electron chi connectivity index (χ1n) is 4.76. The van der Waals surface area contributed by atoms with Gasteiger partial charge in [0.15, 0.2) is 0 Å². The highest BCUT2D eigenvalue weighted by atomic mass is 33.1. The van der Waals surface area contributed by atoms with Crippen LogP contribution >= 0.6 is 32.1 Å². The summed E-state index contributed by atoms with van der Waals surface area (Å²) in [6.07, 6.45) is 8.44. The minimum absolute atomic E-state index is 0.0553. The summed E-state index contributed by atoms with van der Waals surface area (Å²) in [5.74, 6) is 0.0553. The molecule has 1 aliphatic rings. The van der Waals surface area contributed by atoms with Gasteiger partial charge in [-0.3, -0.25) is 0 Å². The summed E-state index contributed by atoms with van der Waals surface area (Å²) in [5.41, 5.74) is 0.992. The normalized spacial score (nSPS) is 18.0. The highest BCUT2D eigenvalue weighted by Crippen LogP contribution is 2.58. The van der Waals surface area contributed by atoms with E-state index in [1.807, 2.05) is 12.5 Å². The summed E-state index contributed by atoms with van der Waals surface area (Å²) in [7, 11) is -1.19. The van der Waals surface area contributed by atoms with Gasteiger partial charge in [0.25, 0.3) is 0 Å². The lowest BCUT2D eigenvalue weighted by molar-refractivity contribution is 0.574. The Morgan fingerprint density at radius 3 is 2.50 bits per heavy atom. The molecule has 1 aliphatic carbocycles. The van der Waals surface area contributed by atoms with Crippen LogP contribution in [0.25, 0.3) is 0 Å². The van der Waals surface area contributed by atoms with Gasteiger partial charge in [-0.15, -0.1) is 23.0 Å². The second kappa shape index (κ2) is 3.72. The molecule has 0 bridgehead atoms. The van der Waals surface area contributed by atoms with Crippen molar-refractivity contribution in [3.8, 4) is 0 Å². The van der Waals surface area contributed by atoms with E-state index >= 15 is 0 Å². The minimum atomic E-state index is -1.19. The molecule has 0 spiro atoms. The Morgan fingerprint density at radius 1 is 1.29 bits per heavy atom. The highest BCUT2D eigenvalue weighted by Gasteiger charge is 2.25. The van der Waals surface area contributed by atoms with Crippen LogP contribution in [0.3, 0.4) is 0 Å². The maximum absolute atomic E-state index is 14.0. The molecule has 0 saturated carbocycles. The number of rotatable bonds is 1. The molecule has 0 aromatic carbocycles. The lowest BCUT2D eigenvalue weighted by Crippen LogP contribution is -1.99. The fourth-order valence-corrected chi connectivity index (χ4v) is 5.08. The largest absolute Gasteiger partial charge is 0.205 e. The molecule has 0 aliphatic heterocycles. The second-order valence-corrected chi connectivity index (χ2v) is 11.1. The monoisotopic (exact) mass is 250 g/mol. The van der Waals surface area contributed by atoms with E-state index in [1.165, 1.54) is 11.3 Å². The van der Waals surface area contributed by atoms with Crippen LogP contribution in [0.4, 0.5) is 4.39 Å². The van der Waals surface area contributed by atoms with Crippen LogP contribution in [0.5, 0.6) is 0 Å². The number of hydrogen-bond donors (Lipinski definition) is 1. The van der Waals surface area contributed by atoms with Gasteiger partial charge in [0.2, 0.25) is 0 Å². The molecule has 0 fully saturated rings. The Kier molecular flexibility index (Phi) is 2.88. The van der Waals surface area contributed by atoms with E-state index in [-0.39, 0.29) is 5.82 Å². The third kappa shape index (κ3) is 1.84. The van der Waals surface area contributed by atoms with Gasteiger partial charge in [0.1, 0.15) is 5.82 Å². The van der Waals surface area contributed by atoms with E-state index in [0.29, 0.717) is 0 Å². The topological polar surface area (TPSA) is 0 Å². The van der Waals surface area contributed by atoms with Crippen LogP contribution in [-0.4, -0.2) is 12.5 Å². The Hall–Kier alpha value is 0.330. The van der Waals surface area contributed by atoms with E-state index in [2.05, 4.69) is 11.7 Å². The Balaban J connectivity index is 2.49. The molecule has 14 heavy (non-hydrogen) atoms. The molecule has 0 unspecified atom stereocenters. The standard InChI is InChI=1S/C10H15FS3/c1-14(2,12)10-9(11)7-5-3-4-6-8(7)13-10/h12H,3-6H2,1-2H3. The first-order chi connectivity index (χ1) is 6.50. The zero-order valence-electron chi connectivity index (χ0n) is 8.47. The maximum Gasteiger partial charge on any atom is 0.150 e. The lowest BCUT2D eigenvalue weighted by Gasteiger charge is -2.21. The number of thiol groups is 1. The molecule has 0 radical (unpaired) electrons. The zero-order chi connectivity index (χ0) is 10.3. The van der Waals surface area contributed by atoms with Gasteiger partial charge in [-0.25, -0.2) is 4.39 Å². The molecular weight excluding hydrogens is 235 g/mol. The van der Waals surface area contributed by atoms with Crippen molar-refractivity contribution in [3.05, 3.63) is 16.3 Å². The predicted octanol–water partition coefficient (Wildman–Crippen LogP) is 4.03. The molecule has 1 heterocycles. The number of aryl methyl sites for hydroxylation is 1. The maximum atomic E-state index is 14.0. The summed E-state index contributed by atoms with van der Waals surface area (Å²) < 4.78 is 14.9. The third-order valence-corrected chi connectivity index (χ3v) is 7.10.